The molecule has 9 heteroatoms. The molecule has 1 amide bonds. The number of amidine groups is 1. The van der Waals surface area contributed by atoms with Crippen LogP contribution in [0.1, 0.15) is 45.7 Å². The van der Waals surface area contributed by atoms with Crippen LogP contribution < -0.4 is 5.73 Å². The maximum absolute atomic E-state index is 13.6. The minimum atomic E-state index is -0.853. The summed E-state index contributed by atoms with van der Waals surface area (Å²) in [5, 5.41) is 3.71. The van der Waals surface area contributed by atoms with Crippen molar-refractivity contribution in [2.24, 2.45) is 16.8 Å². The molecule has 2 aromatic rings. The van der Waals surface area contributed by atoms with Crippen LogP contribution in [0.5, 0.6) is 0 Å². The normalized spacial score (nSPS) is 21.5. The number of carbonyl (C=O) groups excluding carboxylic acids is 2. The molecule has 0 bridgehead atoms. The highest BCUT2D eigenvalue weighted by atomic mass is 19.1. The fourth-order valence-electron chi connectivity index (χ4n) is 3.98. The van der Waals surface area contributed by atoms with E-state index in [1.807, 2.05) is 0 Å². The van der Waals surface area contributed by atoms with E-state index in [1.165, 1.54) is 24.3 Å². The van der Waals surface area contributed by atoms with Gasteiger partial charge in [0.1, 0.15) is 17.5 Å². The van der Waals surface area contributed by atoms with Gasteiger partial charge in [0, 0.05) is 24.1 Å². The summed E-state index contributed by atoms with van der Waals surface area (Å²) in [4.78, 5) is 35.2. The summed E-state index contributed by atoms with van der Waals surface area (Å²) in [6.07, 6.45) is 3.69. The van der Waals surface area contributed by atoms with Crippen molar-refractivity contribution >= 4 is 17.7 Å². The lowest BCUT2D eigenvalue weighted by molar-refractivity contribution is 0.0489. The number of hydrogen-bond acceptors (Lipinski definition) is 5. The standard InChI is InChI=1S/C21H20F2N4O3/c22-14-3-7-17-12(9-14)1-5-16-6-2-13(11-27(16)20(17)28)19(24)26-30-21(29)18-8-4-15(23)10-25-18/h3-4,7-10,13,16H,1-2,5-6,11H2,(H2,24,26)/t13-,16-/m1/s1. The molecule has 0 saturated carbocycles. The Hall–Kier alpha value is -3.36. The van der Waals surface area contributed by atoms with Gasteiger partial charge in [0.15, 0.2) is 5.69 Å². The van der Waals surface area contributed by atoms with E-state index < -0.39 is 11.8 Å². The number of benzene rings is 1. The van der Waals surface area contributed by atoms with Crippen LogP contribution >= 0.6 is 0 Å². The van der Waals surface area contributed by atoms with Crippen LogP contribution in [0.4, 0.5) is 8.78 Å². The molecule has 2 atom stereocenters. The molecule has 1 saturated heterocycles. The lowest BCUT2D eigenvalue weighted by Crippen LogP contribution is -2.49. The third kappa shape index (κ3) is 4.00. The highest BCUT2D eigenvalue weighted by Crippen LogP contribution is 2.31. The van der Waals surface area contributed by atoms with Gasteiger partial charge in [-0.1, -0.05) is 5.16 Å². The molecule has 2 aliphatic heterocycles. The number of piperidine rings is 1. The zero-order valence-corrected chi connectivity index (χ0v) is 16.1. The van der Waals surface area contributed by atoms with Crippen LogP contribution in [0, 0.1) is 17.6 Å². The first kappa shape index (κ1) is 19.9. The first-order valence-electron chi connectivity index (χ1n) is 9.68. The monoisotopic (exact) mass is 414 g/mol. The average Bonchev–Trinajstić information content (AvgIpc) is 2.88. The van der Waals surface area contributed by atoms with Crippen molar-refractivity contribution in [1.29, 1.82) is 0 Å². The molecule has 156 valence electrons. The molecule has 1 aromatic heterocycles. The highest BCUT2D eigenvalue weighted by molar-refractivity contribution is 5.97. The lowest BCUT2D eigenvalue weighted by atomic mass is 9.90. The number of carbonyl (C=O) groups is 2. The van der Waals surface area contributed by atoms with Crippen molar-refractivity contribution in [3.05, 3.63) is 65.0 Å². The highest BCUT2D eigenvalue weighted by Gasteiger charge is 2.36. The van der Waals surface area contributed by atoms with E-state index in [1.54, 1.807) is 4.90 Å². The number of nitrogens with zero attached hydrogens (tertiary/aromatic N) is 3. The minimum Gasteiger partial charge on any atom is -0.384 e. The Kier molecular flexibility index (Phi) is 5.43. The average molecular weight is 414 g/mol. The predicted molar refractivity (Wildman–Crippen MR) is 104 cm³/mol. The van der Waals surface area contributed by atoms with Gasteiger partial charge in [-0.15, -0.1) is 0 Å². The number of rotatable bonds is 3. The quantitative estimate of drug-likeness (QED) is 0.360. The Morgan fingerprint density at radius 3 is 2.73 bits per heavy atom. The molecule has 0 unspecified atom stereocenters. The Labute approximate surface area is 171 Å². The smallest absolute Gasteiger partial charge is 0.383 e. The predicted octanol–water partition coefficient (Wildman–Crippen LogP) is 2.66. The summed E-state index contributed by atoms with van der Waals surface area (Å²) in [6.45, 7) is 0.335. The summed E-state index contributed by atoms with van der Waals surface area (Å²) >= 11 is 0. The van der Waals surface area contributed by atoms with Crippen LogP contribution in [-0.4, -0.2) is 40.2 Å². The summed E-state index contributed by atoms with van der Waals surface area (Å²) in [6, 6.07) is 6.55. The molecule has 0 radical (unpaired) electrons. The number of oxime groups is 1. The molecule has 3 heterocycles. The molecular weight excluding hydrogens is 394 g/mol. The number of fused-ring (bicyclic) bond motifs is 2. The number of aryl methyl sites for hydroxylation is 1. The van der Waals surface area contributed by atoms with Gasteiger partial charge in [-0.2, -0.15) is 0 Å². The fourth-order valence-corrected chi connectivity index (χ4v) is 3.98. The van der Waals surface area contributed by atoms with Crippen LogP contribution in [0.15, 0.2) is 41.7 Å². The third-order valence-electron chi connectivity index (χ3n) is 5.60. The Morgan fingerprint density at radius 1 is 1.17 bits per heavy atom. The first-order valence-corrected chi connectivity index (χ1v) is 9.68. The molecule has 4 rings (SSSR count). The summed E-state index contributed by atoms with van der Waals surface area (Å²) in [5.74, 6) is -2.11. The van der Waals surface area contributed by atoms with Crippen LogP contribution in [0.3, 0.4) is 0 Å². The summed E-state index contributed by atoms with van der Waals surface area (Å²) in [7, 11) is 0. The second-order valence-electron chi connectivity index (χ2n) is 7.48. The molecular formula is C21H20F2N4O3. The SMILES string of the molecule is NC(=NOC(=O)c1ccc(F)cn1)[C@@H]1CC[C@H]2CCc3cc(F)ccc3C(=O)N2C1. The van der Waals surface area contributed by atoms with E-state index in [9.17, 15) is 18.4 Å². The van der Waals surface area contributed by atoms with Crippen molar-refractivity contribution in [3.8, 4) is 0 Å². The zero-order valence-electron chi connectivity index (χ0n) is 16.1. The van der Waals surface area contributed by atoms with Gasteiger partial charge in [0.25, 0.3) is 5.91 Å². The largest absolute Gasteiger partial charge is 0.384 e. The topological polar surface area (TPSA) is 97.9 Å². The number of halogens is 2. The van der Waals surface area contributed by atoms with Crippen LogP contribution in [0.25, 0.3) is 0 Å². The molecule has 0 aliphatic carbocycles. The van der Waals surface area contributed by atoms with Crippen LogP contribution in [-0.2, 0) is 11.3 Å². The molecule has 7 nitrogen and oxygen atoms in total. The van der Waals surface area contributed by atoms with Gasteiger partial charge in [0.2, 0.25) is 0 Å². The van der Waals surface area contributed by atoms with Gasteiger partial charge in [0.05, 0.1) is 6.20 Å². The summed E-state index contributed by atoms with van der Waals surface area (Å²) < 4.78 is 26.5. The van der Waals surface area contributed by atoms with E-state index >= 15 is 0 Å². The van der Waals surface area contributed by atoms with E-state index in [-0.39, 0.29) is 35.2 Å². The van der Waals surface area contributed by atoms with Gasteiger partial charge in [-0.05, 0) is 61.6 Å². The van der Waals surface area contributed by atoms with E-state index in [4.69, 9.17) is 10.6 Å². The third-order valence-corrected chi connectivity index (χ3v) is 5.60. The molecule has 2 N–H and O–H groups in total. The molecule has 0 spiro atoms. The van der Waals surface area contributed by atoms with Gasteiger partial charge in [-0.25, -0.2) is 18.6 Å². The molecule has 30 heavy (non-hydrogen) atoms. The van der Waals surface area contributed by atoms with Crippen molar-refractivity contribution in [3.63, 3.8) is 0 Å². The van der Waals surface area contributed by atoms with Gasteiger partial charge >= 0.3 is 5.97 Å². The van der Waals surface area contributed by atoms with E-state index in [0.717, 1.165) is 25.1 Å². The van der Waals surface area contributed by atoms with Gasteiger partial charge in [-0.3, -0.25) is 4.79 Å². The fraction of sp³-hybridized carbons (Fsp3) is 0.333. The van der Waals surface area contributed by atoms with E-state index in [0.29, 0.717) is 30.5 Å². The van der Waals surface area contributed by atoms with Crippen molar-refractivity contribution in [2.45, 2.75) is 31.7 Å². The first-order chi connectivity index (χ1) is 14.4. The Morgan fingerprint density at radius 2 is 1.97 bits per heavy atom. The van der Waals surface area contributed by atoms with Crippen LogP contribution in [0.2, 0.25) is 0 Å². The number of amides is 1. The van der Waals surface area contributed by atoms with Crippen molar-refractivity contribution in [2.75, 3.05) is 6.54 Å². The minimum absolute atomic E-state index is 0.0444. The number of nitrogens with two attached hydrogens (primary N) is 1. The second kappa shape index (κ2) is 8.17. The molecule has 1 aromatic carbocycles. The number of pyridine rings is 1. The zero-order chi connectivity index (χ0) is 21.3. The maximum atomic E-state index is 13.6. The van der Waals surface area contributed by atoms with E-state index in [2.05, 4.69) is 10.1 Å². The number of aromatic nitrogens is 1. The Bertz CT molecular complexity index is 1010. The number of hydrogen-bond donors (Lipinski definition) is 1. The molecule has 1 fully saturated rings. The Balaban J connectivity index is 1.46. The maximum Gasteiger partial charge on any atom is 0.383 e. The van der Waals surface area contributed by atoms with Crippen molar-refractivity contribution < 1.29 is 23.2 Å². The molecule has 2 aliphatic rings. The van der Waals surface area contributed by atoms with Crippen molar-refractivity contribution in [1.82, 2.24) is 9.88 Å². The summed E-state index contributed by atoms with van der Waals surface area (Å²) in [5.41, 5.74) is 7.15. The second-order valence-corrected chi connectivity index (χ2v) is 7.48. The lowest BCUT2D eigenvalue weighted by Gasteiger charge is -2.38. The van der Waals surface area contributed by atoms with Gasteiger partial charge < -0.3 is 15.5 Å².